The van der Waals surface area contributed by atoms with Crippen molar-refractivity contribution in [3.63, 3.8) is 0 Å². The minimum absolute atomic E-state index is 0.204. The molecule has 2 rings (SSSR count). The molecule has 1 atom stereocenters. The van der Waals surface area contributed by atoms with Crippen LogP contribution < -0.4 is 15.8 Å². The van der Waals surface area contributed by atoms with Gasteiger partial charge in [0.15, 0.2) is 0 Å². The van der Waals surface area contributed by atoms with Gasteiger partial charge in [0, 0.05) is 6.42 Å². The average molecular weight is 367 g/mol. The van der Waals surface area contributed by atoms with Crippen LogP contribution in [0.5, 0.6) is 5.75 Å². The topological polar surface area (TPSA) is 81.4 Å². The molecular formula is C17H16Cl2N2O3. The predicted molar refractivity (Wildman–Crippen MR) is 93.6 cm³/mol. The number of carbonyl (C=O) groups excluding carboxylic acids is 2. The van der Waals surface area contributed by atoms with Crippen LogP contribution in [0, 0.1) is 0 Å². The van der Waals surface area contributed by atoms with Gasteiger partial charge in [0.2, 0.25) is 5.91 Å². The van der Waals surface area contributed by atoms with Crippen LogP contribution in [0.1, 0.15) is 15.9 Å². The van der Waals surface area contributed by atoms with Crippen molar-refractivity contribution in [2.24, 2.45) is 5.73 Å². The average Bonchev–Trinajstić information content (AvgIpc) is 2.54. The van der Waals surface area contributed by atoms with Crippen molar-refractivity contribution in [1.29, 1.82) is 0 Å². The zero-order chi connectivity index (χ0) is 17.7. The van der Waals surface area contributed by atoms with Crippen LogP contribution in [-0.2, 0) is 11.2 Å². The van der Waals surface area contributed by atoms with Crippen molar-refractivity contribution in [2.75, 3.05) is 7.11 Å². The van der Waals surface area contributed by atoms with Crippen molar-refractivity contribution >= 4 is 35.0 Å². The summed E-state index contributed by atoms with van der Waals surface area (Å²) in [7, 11) is 1.51. The van der Waals surface area contributed by atoms with Gasteiger partial charge in [-0.3, -0.25) is 9.59 Å². The minimum atomic E-state index is -0.891. The molecule has 0 spiro atoms. The highest BCUT2D eigenvalue weighted by Crippen LogP contribution is 2.25. The van der Waals surface area contributed by atoms with Crippen LogP contribution in [-0.4, -0.2) is 25.0 Å². The van der Waals surface area contributed by atoms with E-state index < -0.39 is 17.9 Å². The Hall–Kier alpha value is -2.24. The molecular weight excluding hydrogens is 351 g/mol. The number of halogens is 2. The Labute approximate surface area is 149 Å². The molecule has 2 aromatic rings. The van der Waals surface area contributed by atoms with Crippen LogP contribution in [0.2, 0.25) is 10.0 Å². The molecule has 0 heterocycles. The Bertz CT molecular complexity index is 765. The first kappa shape index (κ1) is 18.1. The number of carbonyl (C=O) groups is 2. The lowest BCUT2D eigenvalue weighted by Gasteiger charge is -2.16. The predicted octanol–water partition coefficient (Wildman–Crippen LogP) is 2.83. The summed E-state index contributed by atoms with van der Waals surface area (Å²) >= 11 is 12.1. The van der Waals surface area contributed by atoms with Crippen molar-refractivity contribution in [3.8, 4) is 5.75 Å². The maximum atomic E-state index is 12.3. The molecule has 0 radical (unpaired) electrons. The monoisotopic (exact) mass is 366 g/mol. The number of amides is 2. The van der Waals surface area contributed by atoms with E-state index in [2.05, 4.69) is 5.32 Å². The molecule has 0 saturated carbocycles. The number of ether oxygens (including phenoxy) is 1. The van der Waals surface area contributed by atoms with Crippen molar-refractivity contribution < 1.29 is 14.3 Å². The Morgan fingerprint density at radius 3 is 2.46 bits per heavy atom. The molecule has 24 heavy (non-hydrogen) atoms. The quantitative estimate of drug-likeness (QED) is 0.824. The normalized spacial score (nSPS) is 11.6. The zero-order valence-electron chi connectivity index (χ0n) is 12.9. The fraction of sp³-hybridized carbons (Fsp3) is 0.176. The number of rotatable bonds is 6. The Balaban J connectivity index is 2.15. The first-order chi connectivity index (χ1) is 11.4. The third-order valence-electron chi connectivity index (χ3n) is 3.42. The second-order valence-corrected chi connectivity index (χ2v) is 5.90. The molecule has 0 bridgehead atoms. The molecule has 0 aliphatic rings. The SMILES string of the molecule is COc1ccc(C[C@@H](NC(=O)c2ccccc2Cl)C(N)=O)cc1Cl. The third-order valence-corrected chi connectivity index (χ3v) is 4.05. The molecule has 5 nitrogen and oxygen atoms in total. The van der Waals surface area contributed by atoms with E-state index in [0.29, 0.717) is 15.8 Å². The largest absolute Gasteiger partial charge is 0.495 e. The molecule has 0 unspecified atom stereocenters. The Morgan fingerprint density at radius 2 is 1.88 bits per heavy atom. The molecule has 0 fully saturated rings. The van der Waals surface area contributed by atoms with E-state index in [0.717, 1.165) is 5.56 Å². The van der Waals surface area contributed by atoms with Crippen LogP contribution >= 0.6 is 23.2 Å². The molecule has 126 valence electrons. The summed E-state index contributed by atoms with van der Waals surface area (Å²) in [5.74, 6) is -0.595. The van der Waals surface area contributed by atoms with Gasteiger partial charge in [0.1, 0.15) is 11.8 Å². The second-order valence-electron chi connectivity index (χ2n) is 5.08. The molecule has 0 aliphatic carbocycles. The number of nitrogens with one attached hydrogen (secondary N) is 1. The summed E-state index contributed by atoms with van der Waals surface area (Å²) in [5, 5.41) is 3.31. The van der Waals surface area contributed by atoms with E-state index in [-0.39, 0.29) is 12.0 Å². The smallest absolute Gasteiger partial charge is 0.253 e. The number of primary amides is 1. The lowest BCUT2D eigenvalue weighted by atomic mass is 10.0. The molecule has 2 aromatic carbocycles. The van der Waals surface area contributed by atoms with E-state index in [4.69, 9.17) is 33.7 Å². The van der Waals surface area contributed by atoms with E-state index in [1.54, 1.807) is 42.5 Å². The summed E-state index contributed by atoms with van der Waals surface area (Å²) in [5.41, 5.74) is 6.41. The third kappa shape index (κ3) is 4.40. The van der Waals surface area contributed by atoms with Crippen LogP contribution in [0.3, 0.4) is 0 Å². The first-order valence-corrected chi connectivity index (χ1v) is 7.85. The number of methoxy groups -OCH3 is 1. The highest BCUT2D eigenvalue weighted by Gasteiger charge is 2.21. The number of hydrogen-bond donors (Lipinski definition) is 2. The van der Waals surface area contributed by atoms with Gasteiger partial charge in [-0.2, -0.15) is 0 Å². The number of nitrogens with two attached hydrogens (primary N) is 1. The first-order valence-electron chi connectivity index (χ1n) is 7.09. The molecule has 0 saturated heterocycles. The highest BCUT2D eigenvalue weighted by atomic mass is 35.5. The summed E-state index contributed by atoms with van der Waals surface area (Å²) in [4.78, 5) is 24.0. The van der Waals surface area contributed by atoms with Crippen LogP contribution in [0.4, 0.5) is 0 Å². The highest BCUT2D eigenvalue weighted by molar-refractivity contribution is 6.34. The summed E-state index contributed by atoms with van der Waals surface area (Å²) in [6.07, 6.45) is 0.204. The molecule has 7 heteroatoms. The van der Waals surface area contributed by atoms with Gasteiger partial charge < -0.3 is 15.8 Å². The zero-order valence-corrected chi connectivity index (χ0v) is 14.4. The fourth-order valence-corrected chi connectivity index (χ4v) is 2.68. The molecule has 0 aromatic heterocycles. The van der Waals surface area contributed by atoms with E-state index >= 15 is 0 Å². The summed E-state index contributed by atoms with van der Waals surface area (Å²) in [6, 6.07) is 10.8. The molecule has 2 amide bonds. The Kier molecular flexibility index (Phi) is 6.06. The van der Waals surface area contributed by atoms with Gasteiger partial charge in [-0.1, -0.05) is 41.4 Å². The lowest BCUT2D eigenvalue weighted by Crippen LogP contribution is -2.45. The summed E-state index contributed by atoms with van der Waals surface area (Å²) < 4.78 is 5.08. The molecule has 3 N–H and O–H groups in total. The van der Waals surface area contributed by atoms with Crippen molar-refractivity contribution in [2.45, 2.75) is 12.5 Å². The van der Waals surface area contributed by atoms with Crippen LogP contribution in [0.25, 0.3) is 0 Å². The second kappa shape index (κ2) is 8.04. The summed E-state index contributed by atoms with van der Waals surface area (Å²) in [6.45, 7) is 0. The van der Waals surface area contributed by atoms with Crippen LogP contribution in [0.15, 0.2) is 42.5 Å². The van der Waals surface area contributed by atoms with Gasteiger partial charge in [0.05, 0.1) is 22.7 Å². The van der Waals surface area contributed by atoms with E-state index in [1.165, 1.54) is 7.11 Å². The number of hydrogen-bond acceptors (Lipinski definition) is 3. The maximum absolute atomic E-state index is 12.3. The van der Waals surface area contributed by atoms with E-state index in [1.807, 2.05) is 0 Å². The van der Waals surface area contributed by atoms with Gasteiger partial charge >= 0.3 is 0 Å². The number of benzene rings is 2. The van der Waals surface area contributed by atoms with Crippen molar-refractivity contribution in [3.05, 3.63) is 63.6 Å². The standard InChI is InChI=1S/C17H16Cl2N2O3/c1-24-15-7-6-10(8-13(15)19)9-14(16(20)22)21-17(23)11-4-2-3-5-12(11)18/h2-8,14H,9H2,1H3,(H2,20,22)(H,21,23)/t14-/m1/s1. The maximum Gasteiger partial charge on any atom is 0.253 e. The van der Waals surface area contributed by atoms with E-state index in [9.17, 15) is 9.59 Å². The van der Waals surface area contributed by atoms with Crippen molar-refractivity contribution in [1.82, 2.24) is 5.32 Å². The molecule has 0 aliphatic heterocycles. The van der Waals surface area contributed by atoms with Gasteiger partial charge in [-0.05, 0) is 29.8 Å². The van der Waals surface area contributed by atoms with Gasteiger partial charge in [-0.25, -0.2) is 0 Å². The minimum Gasteiger partial charge on any atom is -0.495 e. The Morgan fingerprint density at radius 1 is 1.17 bits per heavy atom. The lowest BCUT2D eigenvalue weighted by molar-refractivity contribution is -0.119. The van der Waals surface area contributed by atoms with Gasteiger partial charge in [0.25, 0.3) is 5.91 Å². The fourth-order valence-electron chi connectivity index (χ4n) is 2.18. The van der Waals surface area contributed by atoms with Gasteiger partial charge in [-0.15, -0.1) is 0 Å².